The normalized spacial score (nSPS) is 19.3. The minimum Gasteiger partial charge on any atom is -0.493 e. The molecule has 2 heterocycles. The molecular weight excluding hydrogens is 578 g/mol. The Morgan fingerprint density at radius 1 is 0.935 bits per heavy atom. The topological polar surface area (TPSA) is 102 Å². The van der Waals surface area contributed by atoms with E-state index in [9.17, 15) is 19.8 Å². The maximum atomic E-state index is 14.7. The number of aliphatic hydroxyl groups is 1. The monoisotopic (exact) mass is 623 g/mol. The van der Waals surface area contributed by atoms with Crippen molar-refractivity contribution in [1.29, 1.82) is 0 Å². The Labute approximate surface area is 271 Å². The number of benzene rings is 3. The molecule has 242 valence electrons. The predicted octanol–water partition coefficient (Wildman–Crippen LogP) is 5.44. The summed E-state index contributed by atoms with van der Waals surface area (Å²) in [6.45, 7) is 8.27. The van der Waals surface area contributed by atoms with Gasteiger partial charge in [-0.3, -0.25) is 9.69 Å². The third-order valence-electron chi connectivity index (χ3n) is 9.90. The van der Waals surface area contributed by atoms with E-state index >= 15 is 0 Å². The van der Waals surface area contributed by atoms with Crippen molar-refractivity contribution in [1.82, 2.24) is 15.1 Å². The van der Waals surface area contributed by atoms with Gasteiger partial charge in [0.05, 0.1) is 18.7 Å². The Bertz CT molecular complexity index is 1630. The van der Waals surface area contributed by atoms with Gasteiger partial charge in [-0.1, -0.05) is 60.7 Å². The number of carboxylic acid groups (broad SMARTS) is 1. The molecule has 0 radical (unpaired) electrons. The van der Waals surface area contributed by atoms with E-state index in [0.29, 0.717) is 44.7 Å². The molecule has 3 aliphatic rings. The Hall–Kier alpha value is -4.14. The van der Waals surface area contributed by atoms with E-state index in [-0.39, 0.29) is 24.6 Å². The summed E-state index contributed by atoms with van der Waals surface area (Å²) in [5.41, 5.74) is 9.21. The number of hydrogen-bond acceptors (Lipinski definition) is 5. The number of nitrogens with zero attached hydrogens (tertiary/aromatic N) is 2. The zero-order valence-electron chi connectivity index (χ0n) is 27.1. The van der Waals surface area contributed by atoms with Gasteiger partial charge in [-0.25, -0.2) is 4.79 Å². The summed E-state index contributed by atoms with van der Waals surface area (Å²) in [5, 5.41) is 23.3. The first-order valence-corrected chi connectivity index (χ1v) is 16.5. The molecule has 2 aliphatic heterocycles. The summed E-state index contributed by atoms with van der Waals surface area (Å²) in [6, 6.07) is 19.9. The highest BCUT2D eigenvalue weighted by atomic mass is 16.5. The number of aryl methyl sites for hydroxylation is 2. The van der Waals surface area contributed by atoms with Crippen LogP contribution in [-0.4, -0.2) is 76.4 Å². The Balaban J connectivity index is 1.29. The van der Waals surface area contributed by atoms with Crippen LogP contribution in [0.15, 0.2) is 66.2 Å². The van der Waals surface area contributed by atoms with Gasteiger partial charge in [-0.2, -0.15) is 0 Å². The number of carbonyl (C=O) groups is 2. The lowest BCUT2D eigenvalue weighted by Crippen LogP contribution is -2.63. The predicted molar refractivity (Wildman–Crippen MR) is 179 cm³/mol. The van der Waals surface area contributed by atoms with Gasteiger partial charge in [-0.15, -0.1) is 0 Å². The van der Waals surface area contributed by atoms with Crippen LogP contribution in [0.5, 0.6) is 5.75 Å². The molecule has 2 fully saturated rings. The largest absolute Gasteiger partial charge is 0.493 e. The number of aliphatic hydroxyl groups excluding tert-OH is 1. The van der Waals surface area contributed by atoms with Gasteiger partial charge in [0.25, 0.3) is 5.91 Å². The van der Waals surface area contributed by atoms with Crippen LogP contribution in [0.1, 0.15) is 58.2 Å². The fraction of sp³-hybridized carbons (Fsp3) is 0.421. The molecule has 0 aromatic heterocycles. The second-order valence-corrected chi connectivity index (χ2v) is 13.0. The molecule has 0 unspecified atom stereocenters. The fourth-order valence-electron chi connectivity index (χ4n) is 7.09. The summed E-state index contributed by atoms with van der Waals surface area (Å²) in [6.07, 6.45) is 2.64. The summed E-state index contributed by atoms with van der Waals surface area (Å²) < 4.78 is 6.22. The molecule has 8 heteroatoms. The summed E-state index contributed by atoms with van der Waals surface area (Å²) in [7, 11) is 0. The number of carbonyl (C=O) groups excluding carboxylic acids is 1. The first-order chi connectivity index (χ1) is 22.3. The van der Waals surface area contributed by atoms with E-state index in [1.54, 1.807) is 0 Å². The van der Waals surface area contributed by atoms with Gasteiger partial charge >= 0.3 is 6.09 Å². The molecule has 8 nitrogen and oxygen atoms in total. The van der Waals surface area contributed by atoms with Crippen LogP contribution in [0.4, 0.5) is 4.79 Å². The van der Waals surface area contributed by atoms with Gasteiger partial charge in [0.15, 0.2) is 0 Å². The van der Waals surface area contributed by atoms with Gasteiger partial charge in [0.2, 0.25) is 0 Å². The molecule has 3 aromatic carbocycles. The minimum atomic E-state index is -0.985. The molecule has 2 amide bonds. The maximum Gasteiger partial charge on any atom is 0.408 e. The molecule has 1 saturated carbocycles. The molecule has 46 heavy (non-hydrogen) atoms. The van der Waals surface area contributed by atoms with Crippen LogP contribution >= 0.6 is 0 Å². The SMILES string of the molecule is Cc1ccc(C)c(OCCc2ccc(C3=C(C(=O)N(Cc4ccccc4CCO)C4CC4)[C@H]4CNC[C@@H](C3)N4C(=O)O)cc2)c1C. The molecule has 3 N–H and O–H groups in total. The van der Waals surface area contributed by atoms with Gasteiger partial charge in [0, 0.05) is 44.3 Å². The van der Waals surface area contributed by atoms with Crippen molar-refractivity contribution < 1.29 is 24.5 Å². The molecule has 1 aliphatic carbocycles. The minimum absolute atomic E-state index is 0.0414. The van der Waals surface area contributed by atoms with Crippen LogP contribution in [0.2, 0.25) is 0 Å². The number of rotatable bonds is 11. The zero-order chi connectivity index (χ0) is 32.4. The van der Waals surface area contributed by atoms with E-state index in [2.05, 4.69) is 62.5 Å². The summed E-state index contributed by atoms with van der Waals surface area (Å²) >= 11 is 0. The Morgan fingerprint density at radius 2 is 1.65 bits per heavy atom. The third-order valence-corrected chi connectivity index (χ3v) is 9.90. The zero-order valence-corrected chi connectivity index (χ0v) is 27.1. The summed E-state index contributed by atoms with van der Waals surface area (Å²) in [5.74, 6) is 0.866. The number of hydrogen-bond donors (Lipinski definition) is 3. The summed E-state index contributed by atoms with van der Waals surface area (Å²) in [4.78, 5) is 30.7. The van der Waals surface area contributed by atoms with Gasteiger partial charge < -0.3 is 25.2 Å². The molecule has 2 bridgehead atoms. The molecule has 3 aromatic rings. The van der Waals surface area contributed by atoms with E-state index < -0.39 is 12.1 Å². The van der Waals surface area contributed by atoms with Crippen molar-refractivity contribution in [3.8, 4) is 5.75 Å². The maximum absolute atomic E-state index is 14.7. The van der Waals surface area contributed by atoms with Crippen molar-refractivity contribution in [3.63, 3.8) is 0 Å². The van der Waals surface area contributed by atoms with E-state index in [1.807, 2.05) is 29.2 Å². The number of nitrogens with one attached hydrogen (secondary N) is 1. The lowest BCUT2D eigenvalue weighted by atomic mass is 9.81. The average Bonchev–Trinajstić information content (AvgIpc) is 3.89. The standard InChI is InChI=1S/C38H45N3O5/c1-24-8-9-25(2)36(26(24)3)46-19-17-27-10-12-29(13-11-27)33-20-32-21-39-22-34(41(32)38(44)45)35(33)37(43)40(31-14-15-31)23-30-7-5-4-6-28(30)16-18-42/h4-13,31-32,34,39,42H,14-23H2,1-3H3,(H,44,45)/t32-,34-/m1/s1. The number of fused-ring (bicyclic) bond motifs is 2. The van der Waals surface area contributed by atoms with Crippen molar-refractivity contribution in [2.24, 2.45) is 0 Å². The third kappa shape index (κ3) is 6.55. The molecule has 0 spiro atoms. The fourth-order valence-corrected chi connectivity index (χ4v) is 7.09. The van der Waals surface area contributed by atoms with E-state index in [1.165, 1.54) is 16.0 Å². The average molecular weight is 624 g/mol. The van der Waals surface area contributed by atoms with Crippen molar-refractivity contribution in [2.75, 3.05) is 26.3 Å². The lowest BCUT2D eigenvalue weighted by Gasteiger charge is -2.47. The van der Waals surface area contributed by atoms with Crippen LogP contribution in [0.3, 0.4) is 0 Å². The molecule has 1 saturated heterocycles. The smallest absolute Gasteiger partial charge is 0.408 e. The second-order valence-electron chi connectivity index (χ2n) is 13.0. The molecular formula is C38H45N3O5. The lowest BCUT2D eigenvalue weighted by molar-refractivity contribution is -0.129. The number of ether oxygens (including phenoxy) is 1. The quantitative estimate of drug-likeness (QED) is 0.263. The van der Waals surface area contributed by atoms with Crippen molar-refractivity contribution >= 4 is 17.6 Å². The number of amides is 2. The van der Waals surface area contributed by atoms with Gasteiger partial charge in [-0.05, 0) is 91.0 Å². The second kappa shape index (κ2) is 13.7. The number of piperazine rings is 1. The van der Waals surface area contributed by atoms with Crippen LogP contribution in [-0.2, 0) is 24.2 Å². The van der Waals surface area contributed by atoms with Crippen molar-refractivity contribution in [2.45, 2.75) is 77.5 Å². The highest BCUT2D eigenvalue weighted by Crippen LogP contribution is 2.40. The molecule has 2 atom stereocenters. The Kier molecular flexibility index (Phi) is 9.47. The van der Waals surface area contributed by atoms with Crippen LogP contribution in [0.25, 0.3) is 5.57 Å². The Morgan fingerprint density at radius 3 is 2.35 bits per heavy atom. The van der Waals surface area contributed by atoms with Gasteiger partial charge in [0.1, 0.15) is 5.75 Å². The first-order valence-electron chi connectivity index (χ1n) is 16.5. The highest BCUT2D eigenvalue weighted by Gasteiger charge is 2.46. The van der Waals surface area contributed by atoms with Crippen LogP contribution < -0.4 is 10.1 Å². The van der Waals surface area contributed by atoms with Crippen molar-refractivity contribution in [3.05, 3.63) is 105 Å². The van der Waals surface area contributed by atoms with Crippen LogP contribution in [0, 0.1) is 20.8 Å². The van der Waals surface area contributed by atoms with E-state index in [0.717, 1.165) is 58.4 Å². The molecule has 6 rings (SSSR count). The highest BCUT2D eigenvalue weighted by molar-refractivity contribution is 6.04. The first kappa shape index (κ1) is 31.8. The van der Waals surface area contributed by atoms with E-state index in [4.69, 9.17) is 4.74 Å².